The minimum Gasteiger partial charge on any atom is -0.296 e. The molecule has 2 rings (SSSR count). The van der Waals surface area contributed by atoms with Crippen molar-refractivity contribution in [2.45, 2.75) is 38.8 Å². The molecule has 0 bridgehead atoms. The molecular weight excluding hydrogens is 176 g/mol. The molecule has 0 amide bonds. The van der Waals surface area contributed by atoms with Gasteiger partial charge in [-0.1, -0.05) is 19.1 Å². The maximum atomic E-state index is 11.8. The quantitative estimate of drug-likeness (QED) is 0.670. The van der Waals surface area contributed by atoms with Crippen LogP contribution in [0.1, 0.15) is 32.2 Å². The number of hydrogen-bond acceptors (Lipinski definition) is 1. The van der Waals surface area contributed by atoms with Gasteiger partial charge in [-0.05, 0) is 19.3 Å². The minimum atomic E-state index is 0.113. The lowest BCUT2D eigenvalue weighted by atomic mass is 10.2. The van der Waals surface area contributed by atoms with Crippen LogP contribution in [0.4, 0.5) is 0 Å². The Hall–Kier alpha value is -1.25. The van der Waals surface area contributed by atoms with Gasteiger partial charge < -0.3 is 0 Å². The first-order chi connectivity index (χ1) is 6.72. The average molecular weight is 192 g/mol. The standard InChI is InChI=1S/C11H16N2O/c1-3-9(2)8-12-6-7-13(11(12)14)10-4-5-10/h6-7,10H,2-5,8H2,1H3. The Bertz CT molecular complexity index is 396. The number of allylic oxidation sites excluding steroid dienone is 1. The van der Waals surface area contributed by atoms with Crippen molar-refractivity contribution in [1.29, 1.82) is 0 Å². The summed E-state index contributed by atoms with van der Waals surface area (Å²) in [6.45, 7) is 6.63. The molecule has 14 heavy (non-hydrogen) atoms. The van der Waals surface area contributed by atoms with Gasteiger partial charge in [0, 0.05) is 25.0 Å². The Morgan fingerprint density at radius 3 is 2.86 bits per heavy atom. The van der Waals surface area contributed by atoms with Crippen LogP contribution in [-0.4, -0.2) is 9.13 Å². The van der Waals surface area contributed by atoms with E-state index in [-0.39, 0.29) is 5.69 Å². The molecule has 1 saturated carbocycles. The third-order valence-electron chi connectivity index (χ3n) is 2.71. The molecule has 1 aliphatic rings. The zero-order valence-electron chi connectivity index (χ0n) is 8.57. The molecular formula is C11H16N2O. The molecule has 1 heterocycles. The Morgan fingerprint density at radius 2 is 2.29 bits per heavy atom. The Kier molecular flexibility index (Phi) is 2.32. The van der Waals surface area contributed by atoms with E-state index < -0.39 is 0 Å². The van der Waals surface area contributed by atoms with Gasteiger partial charge in [0.1, 0.15) is 0 Å². The van der Waals surface area contributed by atoms with E-state index in [4.69, 9.17) is 0 Å². The van der Waals surface area contributed by atoms with E-state index in [1.54, 1.807) is 4.57 Å². The molecule has 1 aliphatic carbocycles. The van der Waals surface area contributed by atoms with Crippen LogP contribution in [0.3, 0.4) is 0 Å². The van der Waals surface area contributed by atoms with Gasteiger partial charge >= 0.3 is 5.69 Å². The van der Waals surface area contributed by atoms with E-state index in [9.17, 15) is 4.79 Å². The fourth-order valence-electron chi connectivity index (χ4n) is 1.53. The van der Waals surface area contributed by atoms with Crippen molar-refractivity contribution >= 4 is 0 Å². The number of aromatic nitrogens is 2. The highest BCUT2D eigenvalue weighted by Gasteiger charge is 2.25. The molecule has 1 aromatic rings. The van der Waals surface area contributed by atoms with Gasteiger partial charge in [0.15, 0.2) is 0 Å². The number of hydrogen-bond donors (Lipinski definition) is 0. The lowest BCUT2D eigenvalue weighted by Gasteiger charge is -2.02. The SMILES string of the molecule is C=C(CC)Cn1ccn(C2CC2)c1=O. The van der Waals surface area contributed by atoms with Gasteiger partial charge in [0.25, 0.3) is 0 Å². The summed E-state index contributed by atoms with van der Waals surface area (Å²) in [7, 11) is 0. The van der Waals surface area contributed by atoms with Crippen LogP contribution in [0.5, 0.6) is 0 Å². The molecule has 0 N–H and O–H groups in total. The molecule has 0 spiro atoms. The first kappa shape index (κ1) is 9.31. The second-order valence-electron chi connectivity index (χ2n) is 3.95. The van der Waals surface area contributed by atoms with Crippen LogP contribution in [0, 0.1) is 0 Å². The number of nitrogens with zero attached hydrogens (tertiary/aromatic N) is 2. The van der Waals surface area contributed by atoms with Crippen LogP contribution >= 0.6 is 0 Å². The summed E-state index contributed by atoms with van der Waals surface area (Å²) in [5, 5.41) is 0. The predicted octanol–water partition coefficient (Wildman–Crippen LogP) is 1.95. The van der Waals surface area contributed by atoms with Crippen molar-refractivity contribution in [2.75, 3.05) is 0 Å². The summed E-state index contributed by atoms with van der Waals surface area (Å²) in [6, 6.07) is 0.471. The van der Waals surface area contributed by atoms with Crippen molar-refractivity contribution in [3.8, 4) is 0 Å². The van der Waals surface area contributed by atoms with Crippen molar-refractivity contribution < 1.29 is 0 Å². The highest BCUT2D eigenvalue weighted by atomic mass is 16.1. The zero-order valence-corrected chi connectivity index (χ0v) is 8.57. The van der Waals surface area contributed by atoms with Gasteiger partial charge in [0.05, 0.1) is 0 Å². The molecule has 0 aromatic carbocycles. The van der Waals surface area contributed by atoms with Crippen LogP contribution in [0.2, 0.25) is 0 Å². The first-order valence-corrected chi connectivity index (χ1v) is 5.16. The van der Waals surface area contributed by atoms with Crippen LogP contribution in [0.15, 0.2) is 29.3 Å². The van der Waals surface area contributed by atoms with Crippen molar-refractivity contribution in [3.63, 3.8) is 0 Å². The Balaban J connectivity index is 2.18. The van der Waals surface area contributed by atoms with Gasteiger partial charge in [0.2, 0.25) is 0 Å². The van der Waals surface area contributed by atoms with E-state index in [0.29, 0.717) is 12.6 Å². The lowest BCUT2D eigenvalue weighted by molar-refractivity contribution is 0.647. The second-order valence-corrected chi connectivity index (χ2v) is 3.95. The number of imidazole rings is 1. The second kappa shape index (κ2) is 3.48. The lowest BCUT2D eigenvalue weighted by Crippen LogP contribution is -2.23. The van der Waals surface area contributed by atoms with Gasteiger partial charge in [-0.2, -0.15) is 0 Å². The van der Waals surface area contributed by atoms with Crippen molar-refractivity contribution in [2.24, 2.45) is 0 Å². The highest BCUT2D eigenvalue weighted by Crippen LogP contribution is 2.33. The normalized spacial score (nSPS) is 15.8. The molecule has 76 valence electrons. The van der Waals surface area contributed by atoms with Gasteiger partial charge in [-0.15, -0.1) is 0 Å². The largest absolute Gasteiger partial charge is 0.328 e. The predicted molar refractivity (Wildman–Crippen MR) is 56.4 cm³/mol. The Morgan fingerprint density at radius 1 is 1.57 bits per heavy atom. The van der Waals surface area contributed by atoms with E-state index >= 15 is 0 Å². The van der Waals surface area contributed by atoms with Gasteiger partial charge in [-0.3, -0.25) is 9.13 Å². The maximum Gasteiger partial charge on any atom is 0.328 e. The topological polar surface area (TPSA) is 26.9 Å². The van der Waals surface area contributed by atoms with Crippen molar-refractivity contribution in [3.05, 3.63) is 35.0 Å². The zero-order chi connectivity index (χ0) is 10.1. The van der Waals surface area contributed by atoms with Gasteiger partial charge in [-0.25, -0.2) is 4.79 Å². The molecule has 0 aliphatic heterocycles. The first-order valence-electron chi connectivity index (χ1n) is 5.16. The highest BCUT2D eigenvalue weighted by molar-refractivity contribution is 4.97. The molecule has 3 heteroatoms. The maximum absolute atomic E-state index is 11.8. The summed E-state index contributed by atoms with van der Waals surface area (Å²) in [5.74, 6) is 0. The van der Waals surface area contributed by atoms with Crippen LogP contribution in [-0.2, 0) is 6.54 Å². The summed E-state index contributed by atoms with van der Waals surface area (Å²) in [6.07, 6.45) is 6.99. The summed E-state index contributed by atoms with van der Waals surface area (Å²) >= 11 is 0. The van der Waals surface area contributed by atoms with E-state index in [1.165, 1.54) is 0 Å². The molecule has 0 radical (unpaired) electrons. The van der Waals surface area contributed by atoms with Crippen molar-refractivity contribution in [1.82, 2.24) is 9.13 Å². The smallest absolute Gasteiger partial charge is 0.296 e. The molecule has 0 atom stereocenters. The van der Waals surface area contributed by atoms with E-state index in [0.717, 1.165) is 24.8 Å². The molecule has 3 nitrogen and oxygen atoms in total. The Labute approximate surface area is 83.7 Å². The summed E-state index contributed by atoms with van der Waals surface area (Å²) in [4.78, 5) is 11.8. The molecule has 1 fully saturated rings. The minimum absolute atomic E-state index is 0.113. The van der Waals surface area contributed by atoms with Crippen LogP contribution in [0.25, 0.3) is 0 Å². The third kappa shape index (κ3) is 1.67. The fraction of sp³-hybridized carbons (Fsp3) is 0.545. The average Bonchev–Trinajstić information content (AvgIpc) is 2.95. The third-order valence-corrected chi connectivity index (χ3v) is 2.71. The molecule has 0 saturated heterocycles. The van der Waals surface area contributed by atoms with Crippen LogP contribution < -0.4 is 5.69 Å². The molecule has 0 unspecified atom stereocenters. The fourth-order valence-corrected chi connectivity index (χ4v) is 1.53. The summed E-state index contributed by atoms with van der Waals surface area (Å²) < 4.78 is 3.58. The van der Waals surface area contributed by atoms with E-state index in [1.807, 2.05) is 17.0 Å². The number of rotatable bonds is 4. The molecule has 1 aromatic heterocycles. The summed E-state index contributed by atoms with van der Waals surface area (Å²) in [5.41, 5.74) is 1.21. The van der Waals surface area contributed by atoms with E-state index in [2.05, 4.69) is 13.5 Å². The monoisotopic (exact) mass is 192 g/mol.